The van der Waals surface area contributed by atoms with Crippen LogP contribution in [0.4, 0.5) is 0 Å². The number of fused-ring (bicyclic) bond motifs is 5. The Hall–Kier alpha value is -4.16. The van der Waals surface area contributed by atoms with E-state index in [2.05, 4.69) is 135 Å². The standard InChI is InChI=1S/C35H26/c1-35(2)32-15-9-8-14-29(32)30-19-18-27(22-33(30)35)34-28-13-7-6-12-25(28)20-26-17-16-24(21-31(26)34)23-10-4-3-5-11-23/h3-22H,1-2H3. The summed E-state index contributed by atoms with van der Waals surface area (Å²) in [5.74, 6) is 0. The fourth-order valence-electron chi connectivity index (χ4n) is 6.04. The SMILES string of the molecule is CC1(C)c2ccccc2-c2ccc(-c3c4ccccc4cc4ccc(-c5ccccc5)cc34)cc21. The van der Waals surface area contributed by atoms with Gasteiger partial charge in [-0.15, -0.1) is 0 Å². The number of hydrogen-bond donors (Lipinski definition) is 0. The van der Waals surface area contributed by atoms with E-state index < -0.39 is 0 Å². The molecule has 0 aliphatic heterocycles. The quantitative estimate of drug-likeness (QED) is 0.232. The third-order valence-corrected chi connectivity index (χ3v) is 7.84. The van der Waals surface area contributed by atoms with E-state index in [0.29, 0.717) is 0 Å². The van der Waals surface area contributed by atoms with E-state index in [9.17, 15) is 0 Å². The van der Waals surface area contributed by atoms with Crippen molar-refractivity contribution in [3.63, 3.8) is 0 Å². The van der Waals surface area contributed by atoms with Crippen LogP contribution < -0.4 is 0 Å². The molecular formula is C35H26. The van der Waals surface area contributed by atoms with E-state index in [-0.39, 0.29) is 5.41 Å². The first kappa shape index (κ1) is 20.2. The number of rotatable bonds is 2. The zero-order chi connectivity index (χ0) is 23.6. The summed E-state index contributed by atoms with van der Waals surface area (Å²) in [5, 5.41) is 5.17. The van der Waals surface area contributed by atoms with Gasteiger partial charge < -0.3 is 0 Å². The van der Waals surface area contributed by atoms with Crippen molar-refractivity contribution in [2.45, 2.75) is 19.3 Å². The fraction of sp³-hybridized carbons (Fsp3) is 0.0857. The maximum atomic E-state index is 2.45. The van der Waals surface area contributed by atoms with Gasteiger partial charge in [0.25, 0.3) is 0 Å². The second-order valence-electron chi connectivity index (χ2n) is 10.2. The largest absolute Gasteiger partial charge is 0.0622 e. The van der Waals surface area contributed by atoms with Crippen LogP contribution in [0.2, 0.25) is 0 Å². The first-order valence-corrected chi connectivity index (χ1v) is 12.4. The van der Waals surface area contributed by atoms with Gasteiger partial charge in [0.05, 0.1) is 0 Å². The summed E-state index contributed by atoms with van der Waals surface area (Å²) in [6.07, 6.45) is 0. The van der Waals surface area contributed by atoms with E-state index in [4.69, 9.17) is 0 Å². The van der Waals surface area contributed by atoms with Gasteiger partial charge in [-0.25, -0.2) is 0 Å². The Morgan fingerprint density at radius 2 is 1.11 bits per heavy atom. The van der Waals surface area contributed by atoms with Gasteiger partial charge in [-0.05, 0) is 84.3 Å². The van der Waals surface area contributed by atoms with Crippen molar-refractivity contribution >= 4 is 21.5 Å². The van der Waals surface area contributed by atoms with Gasteiger partial charge in [-0.2, -0.15) is 0 Å². The van der Waals surface area contributed by atoms with Crippen molar-refractivity contribution in [1.82, 2.24) is 0 Å². The highest BCUT2D eigenvalue weighted by molar-refractivity contribution is 6.13. The third-order valence-electron chi connectivity index (χ3n) is 7.84. The molecule has 0 amide bonds. The van der Waals surface area contributed by atoms with Gasteiger partial charge >= 0.3 is 0 Å². The van der Waals surface area contributed by atoms with Crippen LogP contribution in [0.5, 0.6) is 0 Å². The molecule has 0 atom stereocenters. The van der Waals surface area contributed by atoms with Crippen LogP contribution in [-0.2, 0) is 5.41 Å². The maximum Gasteiger partial charge on any atom is 0.0159 e. The molecule has 0 nitrogen and oxygen atoms in total. The average Bonchev–Trinajstić information content (AvgIpc) is 3.14. The minimum absolute atomic E-state index is 0.0163. The molecule has 0 heteroatoms. The fourth-order valence-corrected chi connectivity index (χ4v) is 6.04. The lowest BCUT2D eigenvalue weighted by molar-refractivity contribution is 0.660. The molecule has 0 radical (unpaired) electrons. The molecule has 0 spiro atoms. The molecule has 35 heavy (non-hydrogen) atoms. The Morgan fingerprint density at radius 1 is 0.429 bits per heavy atom. The predicted molar refractivity (Wildman–Crippen MR) is 150 cm³/mol. The molecule has 7 rings (SSSR count). The molecule has 1 aliphatic rings. The molecule has 0 fully saturated rings. The molecule has 0 saturated carbocycles. The third kappa shape index (κ3) is 3.00. The van der Waals surface area contributed by atoms with Crippen molar-refractivity contribution < 1.29 is 0 Å². The molecule has 0 heterocycles. The minimum Gasteiger partial charge on any atom is -0.0622 e. The Kier molecular flexibility index (Phi) is 4.29. The molecule has 6 aromatic carbocycles. The first-order chi connectivity index (χ1) is 17.1. The summed E-state index contributed by atoms with van der Waals surface area (Å²) in [5.41, 5.74) is 10.7. The molecule has 6 aromatic rings. The summed E-state index contributed by atoms with van der Waals surface area (Å²) in [6.45, 7) is 4.71. The minimum atomic E-state index is -0.0163. The topological polar surface area (TPSA) is 0 Å². The van der Waals surface area contributed by atoms with E-state index in [1.54, 1.807) is 0 Å². The lowest BCUT2D eigenvalue weighted by Crippen LogP contribution is -2.14. The van der Waals surface area contributed by atoms with Gasteiger partial charge in [0, 0.05) is 5.41 Å². The molecule has 1 aliphatic carbocycles. The Labute approximate surface area is 206 Å². The van der Waals surface area contributed by atoms with Crippen molar-refractivity contribution in [3.8, 4) is 33.4 Å². The van der Waals surface area contributed by atoms with Crippen LogP contribution in [0.1, 0.15) is 25.0 Å². The van der Waals surface area contributed by atoms with Crippen LogP contribution in [-0.4, -0.2) is 0 Å². The van der Waals surface area contributed by atoms with E-state index in [0.717, 1.165) is 0 Å². The maximum absolute atomic E-state index is 2.45. The molecule has 0 unspecified atom stereocenters. The molecule has 0 aromatic heterocycles. The molecular weight excluding hydrogens is 420 g/mol. The van der Waals surface area contributed by atoms with Gasteiger partial charge in [0.15, 0.2) is 0 Å². The van der Waals surface area contributed by atoms with E-state index in [1.165, 1.54) is 66.1 Å². The molecule has 0 N–H and O–H groups in total. The summed E-state index contributed by atoms with van der Waals surface area (Å²) in [6, 6.07) is 44.7. The molecule has 0 bridgehead atoms. The van der Waals surface area contributed by atoms with Gasteiger partial charge in [0.2, 0.25) is 0 Å². The van der Waals surface area contributed by atoms with Crippen LogP contribution in [0.15, 0.2) is 121 Å². The highest BCUT2D eigenvalue weighted by atomic mass is 14.4. The Balaban J connectivity index is 1.53. The van der Waals surface area contributed by atoms with Crippen molar-refractivity contribution in [2.24, 2.45) is 0 Å². The second-order valence-corrected chi connectivity index (χ2v) is 10.2. The van der Waals surface area contributed by atoms with Crippen LogP contribution in [0.3, 0.4) is 0 Å². The smallest absolute Gasteiger partial charge is 0.0159 e. The van der Waals surface area contributed by atoms with Crippen molar-refractivity contribution in [1.29, 1.82) is 0 Å². The lowest BCUT2D eigenvalue weighted by Gasteiger charge is -2.22. The monoisotopic (exact) mass is 446 g/mol. The second kappa shape index (κ2) is 7.42. The van der Waals surface area contributed by atoms with Crippen molar-refractivity contribution in [3.05, 3.63) is 132 Å². The average molecular weight is 447 g/mol. The summed E-state index contributed by atoms with van der Waals surface area (Å²) in [7, 11) is 0. The number of benzene rings is 6. The van der Waals surface area contributed by atoms with Crippen LogP contribution in [0.25, 0.3) is 54.9 Å². The van der Waals surface area contributed by atoms with Crippen LogP contribution >= 0.6 is 0 Å². The predicted octanol–water partition coefficient (Wildman–Crippen LogP) is 9.63. The Morgan fingerprint density at radius 3 is 2.00 bits per heavy atom. The normalized spacial score (nSPS) is 13.7. The molecule has 166 valence electrons. The lowest BCUT2D eigenvalue weighted by atomic mass is 9.81. The zero-order valence-corrected chi connectivity index (χ0v) is 20.0. The van der Waals surface area contributed by atoms with Gasteiger partial charge in [0.1, 0.15) is 0 Å². The Bertz CT molecular complexity index is 1750. The van der Waals surface area contributed by atoms with Crippen LogP contribution in [0, 0.1) is 0 Å². The summed E-state index contributed by atoms with van der Waals surface area (Å²) >= 11 is 0. The summed E-state index contributed by atoms with van der Waals surface area (Å²) in [4.78, 5) is 0. The van der Waals surface area contributed by atoms with E-state index in [1.807, 2.05) is 0 Å². The summed E-state index contributed by atoms with van der Waals surface area (Å²) < 4.78 is 0. The number of hydrogen-bond acceptors (Lipinski definition) is 0. The van der Waals surface area contributed by atoms with Gasteiger partial charge in [-0.1, -0.05) is 117 Å². The molecule has 0 saturated heterocycles. The zero-order valence-electron chi connectivity index (χ0n) is 20.0. The van der Waals surface area contributed by atoms with Gasteiger partial charge in [-0.3, -0.25) is 0 Å². The van der Waals surface area contributed by atoms with Crippen molar-refractivity contribution in [2.75, 3.05) is 0 Å². The highest BCUT2D eigenvalue weighted by Gasteiger charge is 2.35. The highest BCUT2D eigenvalue weighted by Crippen LogP contribution is 2.50. The van der Waals surface area contributed by atoms with E-state index >= 15 is 0 Å². The first-order valence-electron chi connectivity index (χ1n) is 12.4.